The molecule has 112 valence electrons. The third kappa shape index (κ3) is 6.59. The lowest BCUT2D eigenvalue weighted by molar-refractivity contribution is 0.238. The van der Waals surface area contributed by atoms with Gasteiger partial charge in [0.1, 0.15) is 0 Å². The summed E-state index contributed by atoms with van der Waals surface area (Å²) >= 11 is 11.9. The Balaban J connectivity index is 2.41. The van der Waals surface area contributed by atoms with Gasteiger partial charge in [-0.15, -0.1) is 0 Å². The predicted octanol–water partition coefficient (Wildman–Crippen LogP) is 2.60. The predicted molar refractivity (Wildman–Crippen MR) is 85.1 cm³/mol. The van der Waals surface area contributed by atoms with Crippen LogP contribution in [0.25, 0.3) is 0 Å². The van der Waals surface area contributed by atoms with Crippen molar-refractivity contribution in [1.82, 2.24) is 10.6 Å². The molecular weight excluding hydrogens is 319 g/mol. The van der Waals surface area contributed by atoms with E-state index >= 15 is 0 Å². The van der Waals surface area contributed by atoms with Crippen LogP contribution in [-0.4, -0.2) is 34.8 Å². The zero-order valence-corrected chi connectivity index (χ0v) is 13.7. The van der Waals surface area contributed by atoms with Crippen molar-refractivity contribution < 1.29 is 9.00 Å². The molecular formula is C13H18Cl2N2O2S. The summed E-state index contributed by atoms with van der Waals surface area (Å²) in [5.74, 6) is 0.449. The molecule has 1 aromatic rings. The Bertz CT molecular complexity index is 497. The van der Waals surface area contributed by atoms with Gasteiger partial charge in [0.15, 0.2) is 0 Å². The average molecular weight is 337 g/mol. The van der Waals surface area contributed by atoms with Crippen molar-refractivity contribution in [2.75, 3.05) is 18.6 Å². The molecule has 7 heteroatoms. The molecule has 0 fully saturated rings. The Kier molecular flexibility index (Phi) is 7.34. The molecule has 2 amide bonds. The lowest BCUT2D eigenvalue weighted by Crippen LogP contribution is -2.42. The fraction of sp³-hybridized carbons (Fsp3) is 0.462. The van der Waals surface area contributed by atoms with Crippen molar-refractivity contribution in [3.05, 3.63) is 33.8 Å². The molecule has 0 heterocycles. The molecule has 2 atom stereocenters. The smallest absolute Gasteiger partial charge is 0.315 e. The molecule has 0 unspecified atom stereocenters. The summed E-state index contributed by atoms with van der Waals surface area (Å²) in [5.41, 5.74) is 0.929. The summed E-state index contributed by atoms with van der Waals surface area (Å²) in [6.45, 7) is 2.28. The lowest BCUT2D eigenvalue weighted by atomic mass is 10.1. The number of amides is 2. The van der Waals surface area contributed by atoms with E-state index in [0.29, 0.717) is 28.8 Å². The topological polar surface area (TPSA) is 58.2 Å². The van der Waals surface area contributed by atoms with Gasteiger partial charge in [-0.05, 0) is 31.0 Å². The highest BCUT2D eigenvalue weighted by molar-refractivity contribution is 7.84. The minimum absolute atomic E-state index is 0.0687. The lowest BCUT2D eigenvalue weighted by Gasteiger charge is -2.15. The number of benzene rings is 1. The number of carbonyl (C=O) groups excluding carboxylic acids is 1. The zero-order chi connectivity index (χ0) is 15.1. The number of urea groups is 1. The summed E-state index contributed by atoms with van der Waals surface area (Å²) in [5, 5.41) is 6.64. The SMILES string of the molecule is C[C@@H](Cc1ccc(Cl)cc1Cl)NC(=O)NCC[S@@](C)=O. The standard InChI is InChI=1S/C13H18Cl2N2O2S/c1-9(17-13(18)16-5-6-20(2)19)7-10-3-4-11(14)8-12(10)15/h3-4,8-9H,5-7H2,1-2H3,(H2,16,17,18)/t9-,20+/m0/s1. The first-order valence-corrected chi connectivity index (χ1v) is 8.65. The van der Waals surface area contributed by atoms with Crippen LogP contribution in [-0.2, 0) is 17.2 Å². The van der Waals surface area contributed by atoms with Gasteiger partial charge in [0.25, 0.3) is 0 Å². The van der Waals surface area contributed by atoms with E-state index in [1.54, 1.807) is 18.4 Å². The van der Waals surface area contributed by atoms with Crippen molar-refractivity contribution in [1.29, 1.82) is 0 Å². The second-order valence-corrected chi connectivity index (χ2v) is 6.92. The molecule has 1 rings (SSSR count). The van der Waals surface area contributed by atoms with Crippen LogP contribution >= 0.6 is 23.2 Å². The maximum atomic E-state index is 11.6. The van der Waals surface area contributed by atoms with Gasteiger partial charge >= 0.3 is 6.03 Å². The summed E-state index contributed by atoms with van der Waals surface area (Å²) in [4.78, 5) is 11.6. The average Bonchev–Trinajstić information content (AvgIpc) is 2.32. The van der Waals surface area contributed by atoms with Crippen LogP contribution < -0.4 is 10.6 Å². The highest BCUT2D eigenvalue weighted by Crippen LogP contribution is 2.21. The molecule has 0 bridgehead atoms. The van der Waals surface area contributed by atoms with Crippen molar-refractivity contribution in [3.8, 4) is 0 Å². The molecule has 0 aromatic heterocycles. The molecule has 0 saturated heterocycles. The summed E-state index contributed by atoms with van der Waals surface area (Å²) in [6, 6.07) is 4.96. The van der Waals surface area contributed by atoms with Crippen molar-refractivity contribution in [2.24, 2.45) is 0 Å². The largest absolute Gasteiger partial charge is 0.337 e. The first kappa shape index (κ1) is 17.3. The van der Waals surface area contributed by atoms with Crippen molar-refractivity contribution in [3.63, 3.8) is 0 Å². The first-order valence-electron chi connectivity index (χ1n) is 6.17. The van der Waals surface area contributed by atoms with Gasteiger partial charge in [0, 0.05) is 45.4 Å². The highest BCUT2D eigenvalue weighted by Gasteiger charge is 2.10. The Morgan fingerprint density at radius 2 is 2.10 bits per heavy atom. The minimum atomic E-state index is -0.904. The maximum Gasteiger partial charge on any atom is 0.315 e. The Morgan fingerprint density at radius 1 is 1.40 bits per heavy atom. The second-order valence-electron chi connectivity index (χ2n) is 4.52. The molecule has 0 aliphatic heterocycles. The van der Waals surface area contributed by atoms with E-state index < -0.39 is 10.8 Å². The molecule has 4 nitrogen and oxygen atoms in total. The molecule has 0 radical (unpaired) electrons. The van der Waals surface area contributed by atoms with E-state index in [1.807, 2.05) is 13.0 Å². The normalized spacial score (nSPS) is 13.6. The number of rotatable bonds is 6. The van der Waals surface area contributed by atoms with Gasteiger partial charge in [-0.3, -0.25) is 4.21 Å². The Morgan fingerprint density at radius 3 is 2.70 bits per heavy atom. The fourth-order valence-corrected chi connectivity index (χ4v) is 2.53. The third-order valence-electron chi connectivity index (χ3n) is 2.59. The molecule has 0 spiro atoms. The highest BCUT2D eigenvalue weighted by atomic mass is 35.5. The van der Waals surface area contributed by atoms with Gasteiger partial charge in [-0.25, -0.2) is 4.79 Å². The quantitative estimate of drug-likeness (QED) is 0.838. The monoisotopic (exact) mass is 336 g/mol. The first-order chi connectivity index (χ1) is 9.38. The van der Waals surface area contributed by atoms with Crippen molar-refractivity contribution in [2.45, 2.75) is 19.4 Å². The minimum Gasteiger partial charge on any atom is -0.337 e. The van der Waals surface area contributed by atoms with Gasteiger partial charge in [0.2, 0.25) is 0 Å². The van der Waals surface area contributed by atoms with Gasteiger partial charge in [-0.1, -0.05) is 29.3 Å². The van der Waals surface area contributed by atoms with Crippen molar-refractivity contribution >= 4 is 40.0 Å². The molecule has 0 aliphatic carbocycles. The van der Waals surface area contributed by atoms with Crippen LogP contribution in [0.3, 0.4) is 0 Å². The van der Waals surface area contributed by atoms with Crippen LogP contribution in [0.2, 0.25) is 10.0 Å². The van der Waals surface area contributed by atoms with Crippen LogP contribution in [0.1, 0.15) is 12.5 Å². The van der Waals surface area contributed by atoms with E-state index in [9.17, 15) is 9.00 Å². The summed E-state index contributed by atoms with van der Waals surface area (Å²) in [7, 11) is -0.904. The number of nitrogens with one attached hydrogen (secondary N) is 2. The van der Waals surface area contributed by atoms with E-state index in [-0.39, 0.29) is 12.1 Å². The second kappa shape index (κ2) is 8.49. The maximum absolute atomic E-state index is 11.6. The van der Waals surface area contributed by atoms with E-state index in [4.69, 9.17) is 23.2 Å². The molecule has 20 heavy (non-hydrogen) atoms. The number of carbonyl (C=O) groups is 1. The van der Waals surface area contributed by atoms with E-state index in [0.717, 1.165) is 5.56 Å². The summed E-state index contributed by atoms with van der Waals surface area (Å²) in [6.07, 6.45) is 2.22. The fourth-order valence-electron chi connectivity index (χ4n) is 1.65. The molecule has 2 N–H and O–H groups in total. The number of halogens is 2. The van der Waals surface area contributed by atoms with Crippen LogP contribution in [0.15, 0.2) is 18.2 Å². The zero-order valence-electron chi connectivity index (χ0n) is 11.4. The number of hydrogen-bond donors (Lipinski definition) is 2. The molecule has 0 aliphatic rings. The molecule has 1 aromatic carbocycles. The van der Waals surface area contributed by atoms with Crippen LogP contribution in [0, 0.1) is 0 Å². The summed E-state index contributed by atoms with van der Waals surface area (Å²) < 4.78 is 10.9. The Labute approximate surface area is 131 Å². The molecule has 0 saturated carbocycles. The van der Waals surface area contributed by atoms with Gasteiger partial charge in [0.05, 0.1) is 0 Å². The van der Waals surface area contributed by atoms with E-state index in [2.05, 4.69) is 10.6 Å². The number of hydrogen-bond acceptors (Lipinski definition) is 2. The van der Waals surface area contributed by atoms with Crippen LogP contribution in [0.5, 0.6) is 0 Å². The van der Waals surface area contributed by atoms with Gasteiger partial charge < -0.3 is 10.6 Å². The van der Waals surface area contributed by atoms with Crippen LogP contribution in [0.4, 0.5) is 4.79 Å². The third-order valence-corrected chi connectivity index (χ3v) is 3.96. The van der Waals surface area contributed by atoms with Gasteiger partial charge in [-0.2, -0.15) is 0 Å². The van der Waals surface area contributed by atoms with E-state index in [1.165, 1.54) is 0 Å². The Hall–Kier alpha value is -0.780.